The number of carbonyl (C=O) groups is 1. The Morgan fingerprint density at radius 2 is 1.80 bits per heavy atom. The average molecular weight is 331 g/mol. The standard InChI is InChI=1S/C21H21N3O/c25-21(18-14-22-24(15-18)20-11-2-1-3-12-20)23-19-10-6-9-16-7-4-5-8-17(16)13-19/h1-5,7-8,11-12,14-15,19H,6,9-10,13H2,(H,23,25). The topological polar surface area (TPSA) is 46.9 Å². The first-order chi connectivity index (χ1) is 12.3. The van der Waals surface area contributed by atoms with Crippen LogP contribution < -0.4 is 5.32 Å². The van der Waals surface area contributed by atoms with E-state index in [-0.39, 0.29) is 11.9 Å². The molecule has 4 rings (SSSR count). The smallest absolute Gasteiger partial charge is 0.254 e. The summed E-state index contributed by atoms with van der Waals surface area (Å²) < 4.78 is 1.73. The van der Waals surface area contributed by atoms with Gasteiger partial charge in [0.25, 0.3) is 5.91 Å². The van der Waals surface area contributed by atoms with Gasteiger partial charge in [0.15, 0.2) is 0 Å². The quantitative estimate of drug-likeness (QED) is 0.746. The van der Waals surface area contributed by atoms with Crippen molar-refractivity contribution in [3.63, 3.8) is 0 Å². The number of rotatable bonds is 3. The Kier molecular flexibility index (Phi) is 4.34. The molecule has 0 radical (unpaired) electrons. The van der Waals surface area contributed by atoms with Crippen LogP contribution in [0.25, 0.3) is 5.69 Å². The minimum absolute atomic E-state index is 0.0495. The second kappa shape index (κ2) is 6.93. The normalized spacial score (nSPS) is 16.7. The number of hydrogen-bond donors (Lipinski definition) is 1. The largest absolute Gasteiger partial charge is 0.349 e. The molecule has 1 heterocycles. The van der Waals surface area contributed by atoms with Gasteiger partial charge in [0, 0.05) is 12.2 Å². The van der Waals surface area contributed by atoms with Crippen LogP contribution in [0.15, 0.2) is 67.0 Å². The van der Waals surface area contributed by atoms with Crippen molar-refractivity contribution in [3.8, 4) is 5.69 Å². The lowest BCUT2D eigenvalue weighted by Gasteiger charge is -2.16. The fourth-order valence-corrected chi connectivity index (χ4v) is 3.46. The molecule has 2 aromatic carbocycles. The van der Waals surface area contributed by atoms with Crippen molar-refractivity contribution in [2.75, 3.05) is 0 Å². The number of para-hydroxylation sites is 1. The second-order valence-corrected chi connectivity index (χ2v) is 6.54. The Morgan fingerprint density at radius 1 is 1.04 bits per heavy atom. The van der Waals surface area contributed by atoms with Crippen LogP contribution in [-0.4, -0.2) is 21.7 Å². The van der Waals surface area contributed by atoms with Crippen LogP contribution in [0.2, 0.25) is 0 Å². The predicted octanol–water partition coefficient (Wildman–Crippen LogP) is 3.55. The summed E-state index contributed by atoms with van der Waals surface area (Å²) in [5.41, 5.74) is 4.31. The lowest BCUT2D eigenvalue weighted by molar-refractivity contribution is 0.0935. The average Bonchev–Trinajstić information content (AvgIpc) is 3.05. The lowest BCUT2D eigenvalue weighted by Crippen LogP contribution is -2.35. The third-order valence-corrected chi connectivity index (χ3v) is 4.78. The maximum Gasteiger partial charge on any atom is 0.254 e. The summed E-state index contributed by atoms with van der Waals surface area (Å²) in [7, 11) is 0. The molecule has 0 saturated heterocycles. The van der Waals surface area contributed by atoms with Crippen LogP contribution in [-0.2, 0) is 12.8 Å². The van der Waals surface area contributed by atoms with Crippen LogP contribution in [0.5, 0.6) is 0 Å². The number of benzene rings is 2. The lowest BCUT2D eigenvalue weighted by atomic mass is 10.0. The number of hydrogen-bond acceptors (Lipinski definition) is 2. The third kappa shape index (κ3) is 3.48. The van der Waals surface area contributed by atoms with Gasteiger partial charge < -0.3 is 5.32 Å². The summed E-state index contributed by atoms with van der Waals surface area (Å²) in [4.78, 5) is 12.6. The number of fused-ring (bicyclic) bond motifs is 1. The van der Waals surface area contributed by atoms with E-state index in [1.807, 2.05) is 30.3 Å². The van der Waals surface area contributed by atoms with Gasteiger partial charge in [0.1, 0.15) is 0 Å². The van der Waals surface area contributed by atoms with E-state index in [1.165, 1.54) is 11.1 Å². The molecule has 3 aromatic rings. The Hall–Kier alpha value is -2.88. The summed E-state index contributed by atoms with van der Waals surface area (Å²) in [5, 5.41) is 7.50. The fourth-order valence-electron chi connectivity index (χ4n) is 3.46. The van der Waals surface area contributed by atoms with E-state index in [0.717, 1.165) is 31.4 Å². The molecular formula is C21H21N3O. The SMILES string of the molecule is O=C(NC1CCCc2ccccc2C1)c1cnn(-c2ccccc2)c1. The molecule has 4 heteroatoms. The molecule has 0 saturated carbocycles. The molecule has 1 aromatic heterocycles. The van der Waals surface area contributed by atoms with Crippen molar-refractivity contribution in [1.82, 2.24) is 15.1 Å². The second-order valence-electron chi connectivity index (χ2n) is 6.54. The summed E-state index contributed by atoms with van der Waals surface area (Å²) in [6.45, 7) is 0. The van der Waals surface area contributed by atoms with Gasteiger partial charge in [0.05, 0.1) is 17.4 Å². The van der Waals surface area contributed by atoms with Crippen molar-refractivity contribution in [1.29, 1.82) is 0 Å². The van der Waals surface area contributed by atoms with Crippen molar-refractivity contribution >= 4 is 5.91 Å². The summed E-state index contributed by atoms with van der Waals surface area (Å²) in [6, 6.07) is 18.5. The van der Waals surface area contributed by atoms with E-state index in [9.17, 15) is 4.79 Å². The Bertz CT molecular complexity index is 870. The minimum Gasteiger partial charge on any atom is -0.349 e. The molecule has 0 spiro atoms. The van der Waals surface area contributed by atoms with Gasteiger partial charge in [-0.05, 0) is 48.9 Å². The highest BCUT2D eigenvalue weighted by atomic mass is 16.1. The number of amides is 1. The van der Waals surface area contributed by atoms with Crippen LogP contribution in [0.3, 0.4) is 0 Å². The number of aryl methyl sites for hydroxylation is 1. The molecule has 0 aliphatic heterocycles. The minimum atomic E-state index is -0.0495. The van der Waals surface area contributed by atoms with E-state index in [1.54, 1.807) is 17.1 Å². The molecule has 0 fully saturated rings. The molecule has 1 unspecified atom stereocenters. The van der Waals surface area contributed by atoms with Crippen molar-refractivity contribution in [3.05, 3.63) is 83.7 Å². The first-order valence-electron chi connectivity index (χ1n) is 8.77. The zero-order valence-electron chi connectivity index (χ0n) is 14.1. The molecule has 25 heavy (non-hydrogen) atoms. The Balaban J connectivity index is 1.46. The van der Waals surface area contributed by atoms with Gasteiger partial charge in [-0.1, -0.05) is 42.5 Å². The van der Waals surface area contributed by atoms with Crippen molar-refractivity contribution in [2.45, 2.75) is 31.7 Å². The van der Waals surface area contributed by atoms with Gasteiger partial charge in [-0.2, -0.15) is 5.10 Å². The highest BCUT2D eigenvalue weighted by Crippen LogP contribution is 2.21. The van der Waals surface area contributed by atoms with Gasteiger partial charge in [-0.15, -0.1) is 0 Å². The van der Waals surface area contributed by atoms with E-state index < -0.39 is 0 Å². The van der Waals surface area contributed by atoms with Crippen LogP contribution >= 0.6 is 0 Å². The van der Waals surface area contributed by atoms with Crippen LogP contribution in [0.1, 0.15) is 34.3 Å². The highest BCUT2D eigenvalue weighted by molar-refractivity contribution is 5.94. The Labute approximate surface area is 147 Å². The van der Waals surface area contributed by atoms with Gasteiger partial charge in [-0.25, -0.2) is 4.68 Å². The first kappa shape index (κ1) is 15.6. The Morgan fingerprint density at radius 3 is 2.64 bits per heavy atom. The molecule has 1 aliphatic carbocycles. The zero-order chi connectivity index (χ0) is 17.1. The third-order valence-electron chi connectivity index (χ3n) is 4.78. The van der Waals surface area contributed by atoms with Gasteiger partial charge in [-0.3, -0.25) is 4.79 Å². The first-order valence-corrected chi connectivity index (χ1v) is 8.77. The molecule has 1 amide bonds. The summed E-state index contributed by atoms with van der Waals surface area (Å²) in [5.74, 6) is -0.0495. The molecule has 4 nitrogen and oxygen atoms in total. The highest BCUT2D eigenvalue weighted by Gasteiger charge is 2.19. The predicted molar refractivity (Wildman–Crippen MR) is 97.9 cm³/mol. The molecule has 0 bridgehead atoms. The van der Waals surface area contributed by atoms with Gasteiger partial charge >= 0.3 is 0 Å². The number of nitrogens with one attached hydrogen (secondary N) is 1. The maximum absolute atomic E-state index is 12.6. The molecule has 1 N–H and O–H groups in total. The maximum atomic E-state index is 12.6. The van der Waals surface area contributed by atoms with E-state index in [4.69, 9.17) is 0 Å². The van der Waals surface area contributed by atoms with Crippen LogP contribution in [0, 0.1) is 0 Å². The van der Waals surface area contributed by atoms with E-state index >= 15 is 0 Å². The monoisotopic (exact) mass is 331 g/mol. The fraction of sp³-hybridized carbons (Fsp3) is 0.238. The van der Waals surface area contributed by atoms with E-state index in [0.29, 0.717) is 5.56 Å². The number of carbonyl (C=O) groups excluding carboxylic acids is 1. The zero-order valence-corrected chi connectivity index (χ0v) is 14.1. The van der Waals surface area contributed by atoms with Gasteiger partial charge in [0.2, 0.25) is 0 Å². The molecule has 1 atom stereocenters. The molecular weight excluding hydrogens is 310 g/mol. The molecule has 1 aliphatic rings. The summed E-state index contributed by atoms with van der Waals surface area (Å²) in [6.07, 6.45) is 7.52. The molecule has 126 valence electrons. The number of aromatic nitrogens is 2. The van der Waals surface area contributed by atoms with Crippen LogP contribution in [0.4, 0.5) is 0 Å². The van der Waals surface area contributed by atoms with Crippen molar-refractivity contribution < 1.29 is 4.79 Å². The van der Waals surface area contributed by atoms with E-state index in [2.05, 4.69) is 34.7 Å². The number of nitrogens with zero attached hydrogens (tertiary/aromatic N) is 2. The summed E-state index contributed by atoms with van der Waals surface area (Å²) >= 11 is 0. The van der Waals surface area contributed by atoms with Crippen molar-refractivity contribution in [2.24, 2.45) is 0 Å².